The van der Waals surface area contributed by atoms with Crippen LogP contribution in [0.1, 0.15) is 28.9 Å². The third-order valence-electron chi connectivity index (χ3n) is 4.31. The SMILES string of the molecule is Cc1ccc(OC2CCN(C(=O)c3ccc(Cl)c([N+](=O)[O-])c3)CC2)cn1. The molecule has 0 radical (unpaired) electrons. The largest absolute Gasteiger partial charge is 0.489 e. The van der Waals surface area contributed by atoms with Gasteiger partial charge in [0, 0.05) is 43.3 Å². The summed E-state index contributed by atoms with van der Waals surface area (Å²) >= 11 is 5.80. The van der Waals surface area contributed by atoms with E-state index in [-0.39, 0.29) is 28.3 Å². The highest BCUT2D eigenvalue weighted by Crippen LogP contribution is 2.26. The number of aromatic nitrogens is 1. The third-order valence-corrected chi connectivity index (χ3v) is 4.63. The van der Waals surface area contributed by atoms with E-state index in [1.54, 1.807) is 11.1 Å². The Morgan fingerprint density at radius 1 is 1.31 bits per heavy atom. The van der Waals surface area contributed by atoms with Crippen molar-refractivity contribution in [2.75, 3.05) is 13.1 Å². The monoisotopic (exact) mass is 375 g/mol. The molecule has 0 N–H and O–H groups in total. The van der Waals surface area contributed by atoms with E-state index in [9.17, 15) is 14.9 Å². The van der Waals surface area contributed by atoms with Crippen LogP contribution in [-0.2, 0) is 0 Å². The van der Waals surface area contributed by atoms with Crippen LogP contribution in [-0.4, -0.2) is 39.9 Å². The second-order valence-corrected chi connectivity index (χ2v) is 6.58. The van der Waals surface area contributed by atoms with E-state index >= 15 is 0 Å². The minimum atomic E-state index is -0.588. The van der Waals surface area contributed by atoms with Gasteiger partial charge in [0.1, 0.15) is 16.9 Å². The van der Waals surface area contributed by atoms with Gasteiger partial charge in [-0.2, -0.15) is 0 Å². The highest BCUT2D eigenvalue weighted by atomic mass is 35.5. The Morgan fingerprint density at radius 3 is 2.65 bits per heavy atom. The molecule has 0 saturated carbocycles. The zero-order chi connectivity index (χ0) is 18.7. The van der Waals surface area contributed by atoms with Crippen molar-refractivity contribution in [3.8, 4) is 5.75 Å². The lowest BCUT2D eigenvalue weighted by Crippen LogP contribution is -2.41. The van der Waals surface area contributed by atoms with E-state index in [1.807, 2.05) is 19.1 Å². The van der Waals surface area contributed by atoms with Crippen LogP contribution >= 0.6 is 11.6 Å². The lowest BCUT2D eigenvalue weighted by atomic mass is 10.1. The molecule has 0 spiro atoms. The molecule has 1 aliphatic rings. The highest BCUT2D eigenvalue weighted by Gasteiger charge is 2.26. The standard InChI is InChI=1S/C18H18ClN3O4/c1-12-2-4-15(11-20-12)26-14-6-8-21(9-7-14)18(23)13-3-5-16(19)17(10-13)22(24)25/h2-5,10-11,14H,6-9H2,1H3. The Kier molecular flexibility index (Phi) is 5.37. The Bertz CT molecular complexity index is 818. The Morgan fingerprint density at radius 2 is 2.04 bits per heavy atom. The predicted molar refractivity (Wildman–Crippen MR) is 96.6 cm³/mol. The second-order valence-electron chi connectivity index (χ2n) is 6.17. The predicted octanol–water partition coefficient (Wildman–Crippen LogP) is 3.64. The molecule has 0 atom stereocenters. The van der Waals surface area contributed by atoms with Gasteiger partial charge in [0.25, 0.3) is 11.6 Å². The van der Waals surface area contributed by atoms with E-state index in [0.717, 1.165) is 5.69 Å². The van der Waals surface area contributed by atoms with Gasteiger partial charge in [0.05, 0.1) is 11.1 Å². The lowest BCUT2D eigenvalue weighted by molar-refractivity contribution is -0.384. The normalized spacial score (nSPS) is 14.9. The molecule has 26 heavy (non-hydrogen) atoms. The minimum absolute atomic E-state index is 0.0168. The van der Waals surface area contributed by atoms with Crippen LogP contribution in [0, 0.1) is 17.0 Å². The summed E-state index contributed by atoms with van der Waals surface area (Å²) in [7, 11) is 0. The maximum Gasteiger partial charge on any atom is 0.288 e. The van der Waals surface area contributed by atoms with Gasteiger partial charge in [-0.15, -0.1) is 0 Å². The van der Waals surface area contributed by atoms with Gasteiger partial charge in [0.2, 0.25) is 0 Å². The molecular formula is C18H18ClN3O4. The second kappa shape index (κ2) is 7.70. The Hall–Kier alpha value is -2.67. The Labute approximate surface area is 155 Å². The molecule has 0 unspecified atom stereocenters. The number of nitrogens with zero attached hydrogens (tertiary/aromatic N) is 3. The van der Waals surface area contributed by atoms with Crippen molar-refractivity contribution >= 4 is 23.2 Å². The molecule has 0 aliphatic carbocycles. The first-order valence-corrected chi connectivity index (χ1v) is 8.64. The van der Waals surface area contributed by atoms with Crippen molar-refractivity contribution < 1.29 is 14.5 Å². The maximum atomic E-state index is 12.6. The van der Waals surface area contributed by atoms with E-state index in [2.05, 4.69) is 4.98 Å². The molecule has 2 aromatic rings. The van der Waals surface area contributed by atoms with Crippen molar-refractivity contribution in [2.45, 2.75) is 25.9 Å². The van der Waals surface area contributed by atoms with E-state index in [4.69, 9.17) is 16.3 Å². The molecule has 1 aromatic heterocycles. The van der Waals surface area contributed by atoms with Gasteiger partial charge in [-0.1, -0.05) is 11.6 Å². The van der Waals surface area contributed by atoms with Crippen LogP contribution in [0.25, 0.3) is 0 Å². The first-order valence-electron chi connectivity index (χ1n) is 8.26. The highest BCUT2D eigenvalue weighted by molar-refractivity contribution is 6.32. The summed E-state index contributed by atoms with van der Waals surface area (Å²) < 4.78 is 5.90. The summed E-state index contributed by atoms with van der Waals surface area (Å²) in [5.74, 6) is 0.480. The first-order chi connectivity index (χ1) is 12.4. The number of rotatable bonds is 4. The third kappa shape index (κ3) is 4.11. The van der Waals surface area contributed by atoms with Gasteiger partial charge < -0.3 is 9.64 Å². The van der Waals surface area contributed by atoms with Gasteiger partial charge in [-0.25, -0.2) is 0 Å². The number of benzene rings is 1. The molecule has 1 saturated heterocycles. The van der Waals surface area contributed by atoms with E-state index in [1.165, 1.54) is 18.2 Å². The number of amides is 1. The molecular weight excluding hydrogens is 358 g/mol. The number of halogens is 1. The molecule has 2 heterocycles. The number of aryl methyl sites for hydroxylation is 1. The van der Waals surface area contributed by atoms with Crippen molar-refractivity contribution in [2.24, 2.45) is 0 Å². The number of likely N-dealkylation sites (tertiary alicyclic amines) is 1. The number of piperidine rings is 1. The fraction of sp³-hybridized carbons (Fsp3) is 0.333. The molecule has 3 rings (SSSR count). The van der Waals surface area contributed by atoms with Crippen molar-refractivity contribution in [1.29, 1.82) is 0 Å². The average molecular weight is 376 g/mol. The number of carbonyl (C=O) groups excluding carboxylic acids is 1. The fourth-order valence-corrected chi connectivity index (χ4v) is 3.05. The van der Waals surface area contributed by atoms with Crippen LogP contribution in [0.5, 0.6) is 5.75 Å². The zero-order valence-electron chi connectivity index (χ0n) is 14.2. The zero-order valence-corrected chi connectivity index (χ0v) is 15.0. The molecule has 1 amide bonds. The summed E-state index contributed by atoms with van der Waals surface area (Å²) in [6.07, 6.45) is 3.09. The number of nitro groups is 1. The van der Waals surface area contributed by atoms with E-state index in [0.29, 0.717) is 31.7 Å². The van der Waals surface area contributed by atoms with Gasteiger partial charge >= 0.3 is 0 Å². The fourth-order valence-electron chi connectivity index (χ4n) is 2.86. The van der Waals surface area contributed by atoms with Crippen LogP contribution in [0.4, 0.5) is 5.69 Å². The minimum Gasteiger partial charge on any atom is -0.489 e. The van der Waals surface area contributed by atoms with Crippen molar-refractivity contribution in [1.82, 2.24) is 9.88 Å². The molecule has 0 bridgehead atoms. The summed E-state index contributed by atoms with van der Waals surface area (Å²) in [5, 5.41) is 11.0. The summed E-state index contributed by atoms with van der Waals surface area (Å²) in [5.41, 5.74) is 0.931. The smallest absolute Gasteiger partial charge is 0.288 e. The van der Waals surface area contributed by atoms with Gasteiger partial charge in [-0.05, 0) is 31.2 Å². The maximum absolute atomic E-state index is 12.6. The van der Waals surface area contributed by atoms with Crippen molar-refractivity contribution in [3.63, 3.8) is 0 Å². The van der Waals surface area contributed by atoms with Crippen LogP contribution in [0.15, 0.2) is 36.5 Å². The molecule has 1 fully saturated rings. The molecule has 1 aliphatic heterocycles. The molecule has 8 heteroatoms. The number of hydrogen-bond donors (Lipinski definition) is 0. The number of nitro benzene ring substituents is 1. The molecule has 136 valence electrons. The molecule has 1 aromatic carbocycles. The lowest BCUT2D eigenvalue weighted by Gasteiger charge is -2.32. The summed E-state index contributed by atoms with van der Waals surface area (Å²) in [6, 6.07) is 7.89. The van der Waals surface area contributed by atoms with E-state index < -0.39 is 4.92 Å². The van der Waals surface area contributed by atoms with Gasteiger partial charge in [-0.3, -0.25) is 19.9 Å². The Balaban J connectivity index is 1.61. The molecule has 7 nitrogen and oxygen atoms in total. The summed E-state index contributed by atoms with van der Waals surface area (Å²) in [4.78, 5) is 28.9. The summed E-state index contributed by atoms with van der Waals surface area (Å²) in [6.45, 7) is 2.97. The first kappa shape index (κ1) is 18.1. The number of hydrogen-bond acceptors (Lipinski definition) is 5. The van der Waals surface area contributed by atoms with Crippen molar-refractivity contribution in [3.05, 3.63) is 62.9 Å². The van der Waals surface area contributed by atoms with Gasteiger partial charge in [0.15, 0.2) is 0 Å². The number of carbonyl (C=O) groups is 1. The number of ether oxygens (including phenoxy) is 1. The van der Waals surface area contributed by atoms with Crippen LogP contribution in [0.3, 0.4) is 0 Å². The van der Waals surface area contributed by atoms with Crippen LogP contribution < -0.4 is 4.74 Å². The average Bonchev–Trinajstić information content (AvgIpc) is 2.64. The number of pyridine rings is 1. The van der Waals surface area contributed by atoms with Crippen LogP contribution in [0.2, 0.25) is 5.02 Å². The topological polar surface area (TPSA) is 85.6 Å². The quantitative estimate of drug-likeness (QED) is 0.601.